The molecule has 2 rings (SSSR count). The molecular formula is C13H21N5O3. The summed E-state index contributed by atoms with van der Waals surface area (Å²) >= 11 is 0. The molecule has 116 valence electrons. The van der Waals surface area contributed by atoms with E-state index >= 15 is 0 Å². The Kier molecular flexibility index (Phi) is 5.13. The van der Waals surface area contributed by atoms with Gasteiger partial charge in [-0.15, -0.1) is 10.2 Å². The highest BCUT2D eigenvalue weighted by molar-refractivity contribution is 5.75. The van der Waals surface area contributed by atoms with Crippen LogP contribution < -0.4 is 10.6 Å². The Morgan fingerprint density at radius 2 is 2.29 bits per heavy atom. The number of aliphatic carboxylic acids is 1. The van der Waals surface area contributed by atoms with Crippen LogP contribution in [0.5, 0.6) is 0 Å². The van der Waals surface area contributed by atoms with E-state index in [9.17, 15) is 9.59 Å². The third-order valence-corrected chi connectivity index (χ3v) is 3.77. The van der Waals surface area contributed by atoms with Crippen LogP contribution in [-0.2, 0) is 17.8 Å². The van der Waals surface area contributed by atoms with Crippen molar-refractivity contribution in [3.05, 3.63) is 12.2 Å². The zero-order chi connectivity index (χ0) is 15.2. The van der Waals surface area contributed by atoms with Crippen molar-refractivity contribution >= 4 is 12.0 Å². The number of hydrogen-bond donors (Lipinski definition) is 3. The van der Waals surface area contributed by atoms with Crippen LogP contribution in [0.2, 0.25) is 0 Å². The van der Waals surface area contributed by atoms with Crippen molar-refractivity contribution in [3.63, 3.8) is 0 Å². The van der Waals surface area contributed by atoms with E-state index in [2.05, 4.69) is 20.8 Å². The normalized spacial score (nSPS) is 21.2. The number of nitrogens with zero attached hydrogens (tertiary/aromatic N) is 3. The summed E-state index contributed by atoms with van der Waals surface area (Å²) in [6.45, 7) is 3.09. The molecule has 2 atom stereocenters. The zero-order valence-corrected chi connectivity index (χ0v) is 12.1. The van der Waals surface area contributed by atoms with Crippen molar-refractivity contribution in [1.82, 2.24) is 25.4 Å². The molecule has 1 fully saturated rings. The molecule has 0 aromatic carbocycles. The number of aromatic nitrogens is 3. The van der Waals surface area contributed by atoms with Gasteiger partial charge in [-0.2, -0.15) is 0 Å². The number of nitrogens with one attached hydrogen (secondary N) is 2. The smallest absolute Gasteiger partial charge is 0.315 e. The number of aryl methyl sites for hydroxylation is 1. The Morgan fingerprint density at radius 3 is 2.95 bits per heavy atom. The van der Waals surface area contributed by atoms with E-state index in [0.29, 0.717) is 25.9 Å². The van der Waals surface area contributed by atoms with Gasteiger partial charge in [0.05, 0.1) is 5.92 Å². The minimum atomic E-state index is -0.778. The summed E-state index contributed by atoms with van der Waals surface area (Å²) in [6.07, 6.45) is 4.29. The topological polar surface area (TPSA) is 109 Å². The number of rotatable bonds is 6. The van der Waals surface area contributed by atoms with E-state index in [4.69, 9.17) is 5.11 Å². The molecule has 0 unspecified atom stereocenters. The standard InChI is InChI=1S/C13H21N5O3/c1-2-11-17-15-8-18(11)6-5-14-13(21)16-10-4-3-9(7-10)12(19)20/h8-10H,2-7H2,1H3,(H,19,20)(H2,14,16,21)/t9-,10+/m0/s1. The Morgan fingerprint density at radius 1 is 1.48 bits per heavy atom. The first-order valence-corrected chi connectivity index (χ1v) is 7.24. The average molecular weight is 295 g/mol. The van der Waals surface area contributed by atoms with Crippen LogP contribution in [0.1, 0.15) is 32.0 Å². The van der Waals surface area contributed by atoms with Crippen LogP contribution in [0.25, 0.3) is 0 Å². The summed E-state index contributed by atoms with van der Waals surface area (Å²) in [6, 6.07) is -0.302. The number of amides is 2. The minimum absolute atomic E-state index is 0.0489. The first-order chi connectivity index (χ1) is 10.1. The second kappa shape index (κ2) is 7.05. The summed E-state index contributed by atoms with van der Waals surface area (Å²) in [5.74, 6) is -0.226. The molecule has 8 heteroatoms. The molecule has 1 aliphatic carbocycles. The number of carbonyl (C=O) groups excluding carboxylic acids is 1. The molecule has 0 spiro atoms. The van der Waals surface area contributed by atoms with E-state index in [0.717, 1.165) is 18.7 Å². The van der Waals surface area contributed by atoms with E-state index in [1.165, 1.54) is 0 Å². The van der Waals surface area contributed by atoms with Gasteiger partial charge in [0.15, 0.2) is 0 Å². The third kappa shape index (κ3) is 4.17. The van der Waals surface area contributed by atoms with Gasteiger partial charge in [-0.25, -0.2) is 4.79 Å². The van der Waals surface area contributed by atoms with Crippen LogP contribution in [0.3, 0.4) is 0 Å². The average Bonchev–Trinajstić information content (AvgIpc) is 3.07. The lowest BCUT2D eigenvalue weighted by Crippen LogP contribution is -2.42. The molecule has 1 aromatic rings. The molecule has 0 radical (unpaired) electrons. The summed E-state index contributed by atoms with van der Waals surface area (Å²) < 4.78 is 1.90. The summed E-state index contributed by atoms with van der Waals surface area (Å²) in [7, 11) is 0. The van der Waals surface area contributed by atoms with Crippen LogP contribution >= 0.6 is 0 Å². The van der Waals surface area contributed by atoms with Crippen molar-refractivity contribution in [2.75, 3.05) is 6.54 Å². The predicted molar refractivity (Wildman–Crippen MR) is 74.7 cm³/mol. The van der Waals surface area contributed by atoms with Crippen LogP contribution in [-0.4, -0.2) is 44.5 Å². The maximum Gasteiger partial charge on any atom is 0.315 e. The van der Waals surface area contributed by atoms with Gasteiger partial charge in [0.25, 0.3) is 0 Å². The lowest BCUT2D eigenvalue weighted by atomic mass is 10.1. The quantitative estimate of drug-likeness (QED) is 0.703. The van der Waals surface area contributed by atoms with E-state index < -0.39 is 5.97 Å². The first-order valence-electron chi connectivity index (χ1n) is 7.24. The largest absolute Gasteiger partial charge is 0.481 e. The molecule has 0 bridgehead atoms. The predicted octanol–water partition coefficient (Wildman–Crippen LogP) is 0.393. The Bertz CT molecular complexity index is 502. The second-order valence-corrected chi connectivity index (χ2v) is 5.24. The Balaban J connectivity index is 1.67. The van der Waals surface area contributed by atoms with E-state index in [1.807, 2.05) is 11.5 Å². The highest BCUT2D eigenvalue weighted by atomic mass is 16.4. The molecule has 0 aliphatic heterocycles. The van der Waals surface area contributed by atoms with Crippen molar-refractivity contribution in [2.45, 2.75) is 45.2 Å². The molecule has 1 aliphatic rings. The highest BCUT2D eigenvalue weighted by Gasteiger charge is 2.30. The molecule has 21 heavy (non-hydrogen) atoms. The molecule has 3 N–H and O–H groups in total. The lowest BCUT2D eigenvalue weighted by Gasteiger charge is -2.13. The summed E-state index contributed by atoms with van der Waals surface area (Å²) in [4.78, 5) is 22.6. The zero-order valence-electron chi connectivity index (χ0n) is 12.1. The lowest BCUT2D eigenvalue weighted by molar-refractivity contribution is -0.141. The fourth-order valence-electron chi connectivity index (χ4n) is 2.60. The van der Waals surface area contributed by atoms with Crippen molar-refractivity contribution < 1.29 is 14.7 Å². The maximum absolute atomic E-state index is 11.7. The molecule has 8 nitrogen and oxygen atoms in total. The van der Waals surface area contributed by atoms with Gasteiger partial charge in [-0.05, 0) is 19.3 Å². The van der Waals surface area contributed by atoms with Crippen LogP contribution in [0.15, 0.2) is 6.33 Å². The molecule has 1 aromatic heterocycles. The fraction of sp³-hybridized carbons (Fsp3) is 0.692. The Labute approximate surface area is 122 Å². The third-order valence-electron chi connectivity index (χ3n) is 3.77. The van der Waals surface area contributed by atoms with Gasteiger partial charge >= 0.3 is 12.0 Å². The van der Waals surface area contributed by atoms with Crippen LogP contribution in [0.4, 0.5) is 4.79 Å². The minimum Gasteiger partial charge on any atom is -0.481 e. The van der Waals surface area contributed by atoms with E-state index in [-0.39, 0.29) is 18.0 Å². The van der Waals surface area contributed by atoms with Crippen LogP contribution in [0, 0.1) is 5.92 Å². The number of urea groups is 1. The van der Waals surface area contributed by atoms with Gasteiger partial charge in [0.1, 0.15) is 12.2 Å². The van der Waals surface area contributed by atoms with Gasteiger partial charge < -0.3 is 20.3 Å². The number of carboxylic acids is 1. The summed E-state index contributed by atoms with van der Waals surface area (Å²) in [5, 5.41) is 22.3. The van der Waals surface area contributed by atoms with Gasteiger partial charge in [-0.1, -0.05) is 6.92 Å². The maximum atomic E-state index is 11.7. The SMILES string of the molecule is CCc1nncn1CCNC(=O)N[C@@H]1CC[C@H](C(=O)O)C1. The molecule has 0 saturated heterocycles. The van der Waals surface area contributed by atoms with Gasteiger partial charge in [-0.3, -0.25) is 4.79 Å². The molecule has 2 amide bonds. The van der Waals surface area contributed by atoms with Gasteiger partial charge in [0, 0.05) is 25.6 Å². The Hall–Kier alpha value is -2.12. The van der Waals surface area contributed by atoms with Crippen molar-refractivity contribution in [1.29, 1.82) is 0 Å². The number of carbonyl (C=O) groups is 2. The second-order valence-electron chi connectivity index (χ2n) is 5.24. The fourth-order valence-corrected chi connectivity index (χ4v) is 2.60. The molecule has 1 saturated carbocycles. The molecule has 1 heterocycles. The van der Waals surface area contributed by atoms with Crippen molar-refractivity contribution in [3.8, 4) is 0 Å². The molecular weight excluding hydrogens is 274 g/mol. The number of hydrogen-bond acceptors (Lipinski definition) is 4. The van der Waals surface area contributed by atoms with Crippen molar-refractivity contribution in [2.24, 2.45) is 5.92 Å². The highest BCUT2D eigenvalue weighted by Crippen LogP contribution is 2.25. The number of carboxylic acid groups (broad SMARTS) is 1. The summed E-state index contributed by atoms with van der Waals surface area (Å²) in [5.41, 5.74) is 0. The van der Waals surface area contributed by atoms with Gasteiger partial charge in [0.2, 0.25) is 0 Å². The van der Waals surface area contributed by atoms with E-state index in [1.54, 1.807) is 6.33 Å². The first kappa shape index (κ1) is 15.3. The monoisotopic (exact) mass is 295 g/mol.